The van der Waals surface area contributed by atoms with Crippen molar-refractivity contribution in [2.45, 2.75) is 12.2 Å². The first kappa shape index (κ1) is 5.48. The normalized spacial score (nSPS) is 27.5. The second kappa shape index (κ2) is 2.08. The second-order valence-corrected chi connectivity index (χ2v) is 1.94. The smallest absolute Gasteiger partial charge is 0.0787 e. The van der Waals surface area contributed by atoms with Gasteiger partial charge in [0.05, 0.1) is 7.85 Å². The van der Waals surface area contributed by atoms with Crippen molar-refractivity contribution in [3.05, 3.63) is 23.9 Å². The molecule has 0 saturated carbocycles. The molecule has 0 saturated heterocycles. The van der Waals surface area contributed by atoms with Crippen LogP contribution in [0.25, 0.3) is 0 Å². The lowest BCUT2D eigenvalue weighted by Crippen LogP contribution is -2.07. The molecule has 0 aliphatic heterocycles. The van der Waals surface area contributed by atoms with E-state index in [0.29, 0.717) is 0 Å². The summed E-state index contributed by atoms with van der Waals surface area (Å²) in [5.41, 5.74) is 6.25. The Morgan fingerprint density at radius 3 is 2.88 bits per heavy atom. The van der Waals surface area contributed by atoms with Gasteiger partial charge in [0.2, 0.25) is 0 Å². The van der Waals surface area contributed by atoms with Crippen LogP contribution in [0, 0.1) is 0 Å². The van der Waals surface area contributed by atoms with Crippen LogP contribution in [0.2, 0.25) is 5.82 Å². The van der Waals surface area contributed by atoms with E-state index >= 15 is 0 Å². The van der Waals surface area contributed by atoms with Crippen LogP contribution in [-0.4, -0.2) is 7.85 Å². The van der Waals surface area contributed by atoms with Crippen molar-refractivity contribution in [1.29, 1.82) is 0 Å². The average Bonchev–Trinajstić information content (AvgIpc) is 1.77. The molecule has 1 nitrogen and oxygen atoms in total. The third-order valence-electron chi connectivity index (χ3n) is 1.24. The molecule has 1 rings (SSSR count). The maximum Gasteiger partial charge on any atom is 0.0787 e. The van der Waals surface area contributed by atoms with Gasteiger partial charge in [-0.3, -0.25) is 0 Å². The van der Waals surface area contributed by atoms with E-state index in [0.717, 1.165) is 12.1 Å². The molecule has 0 spiro atoms. The van der Waals surface area contributed by atoms with E-state index in [2.05, 4.69) is 0 Å². The van der Waals surface area contributed by atoms with Crippen molar-refractivity contribution < 1.29 is 0 Å². The first-order valence-corrected chi connectivity index (χ1v) is 2.68. The van der Waals surface area contributed by atoms with Crippen LogP contribution in [0.15, 0.2) is 23.9 Å². The summed E-state index contributed by atoms with van der Waals surface area (Å²) in [4.78, 5) is 0. The van der Waals surface area contributed by atoms with Crippen LogP contribution < -0.4 is 5.73 Å². The summed E-state index contributed by atoms with van der Waals surface area (Å²) in [5, 5.41) is 0. The third kappa shape index (κ3) is 0.943. The second-order valence-electron chi connectivity index (χ2n) is 1.94. The van der Waals surface area contributed by atoms with E-state index in [4.69, 9.17) is 13.6 Å². The number of allylic oxidation sites excluding steroid dienone is 4. The fraction of sp³-hybridized carbons (Fsp3) is 0.333. The molecule has 1 unspecified atom stereocenters. The Kier molecular flexibility index (Phi) is 1.42. The van der Waals surface area contributed by atoms with Gasteiger partial charge in [-0.2, -0.15) is 0 Å². The van der Waals surface area contributed by atoms with Gasteiger partial charge in [0.25, 0.3) is 0 Å². The molecular formula is C6H8BN. The van der Waals surface area contributed by atoms with Gasteiger partial charge in [0.1, 0.15) is 0 Å². The van der Waals surface area contributed by atoms with E-state index in [1.165, 1.54) is 0 Å². The van der Waals surface area contributed by atoms with Gasteiger partial charge in [-0.15, -0.1) is 0 Å². The molecule has 0 aromatic rings. The quantitative estimate of drug-likeness (QED) is 0.452. The Morgan fingerprint density at radius 2 is 2.50 bits per heavy atom. The molecule has 2 N–H and O–H groups in total. The molecule has 0 fully saturated rings. The van der Waals surface area contributed by atoms with Crippen LogP contribution in [0.1, 0.15) is 6.42 Å². The molecule has 0 bridgehead atoms. The molecule has 2 heteroatoms. The van der Waals surface area contributed by atoms with Crippen molar-refractivity contribution in [1.82, 2.24) is 0 Å². The maximum absolute atomic E-state index is 5.53. The van der Waals surface area contributed by atoms with Gasteiger partial charge < -0.3 is 5.73 Å². The molecule has 0 aromatic carbocycles. The summed E-state index contributed by atoms with van der Waals surface area (Å²) < 4.78 is 0. The fourth-order valence-corrected chi connectivity index (χ4v) is 0.664. The van der Waals surface area contributed by atoms with Gasteiger partial charge in [-0.1, -0.05) is 12.2 Å². The minimum Gasteiger partial charge on any atom is -0.402 e. The van der Waals surface area contributed by atoms with Crippen LogP contribution in [-0.2, 0) is 0 Å². The number of nitrogens with two attached hydrogens (primary N) is 1. The SMILES string of the molecule is [B]C1CC=CC=C1N. The monoisotopic (exact) mass is 105 g/mol. The van der Waals surface area contributed by atoms with Crippen molar-refractivity contribution in [2.24, 2.45) is 5.73 Å². The van der Waals surface area contributed by atoms with Gasteiger partial charge in [0, 0.05) is 5.70 Å². The van der Waals surface area contributed by atoms with Gasteiger partial charge in [-0.05, 0) is 18.3 Å². The van der Waals surface area contributed by atoms with E-state index in [1.54, 1.807) is 0 Å². The highest BCUT2D eigenvalue weighted by atomic mass is 14.6. The predicted molar refractivity (Wildman–Crippen MR) is 35.5 cm³/mol. The van der Waals surface area contributed by atoms with Crippen molar-refractivity contribution in [3.63, 3.8) is 0 Å². The maximum atomic E-state index is 5.53. The lowest BCUT2D eigenvalue weighted by Gasteiger charge is -2.11. The lowest BCUT2D eigenvalue weighted by molar-refractivity contribution is 0.938. The topological polar surface area (TPSA) is 26.0 Å². The molecule has 0 aromatic heterocycles. The highest BCUT2D eigenvalue weighted by Gasteiger charge is 2.03. The zero-order valence-electron chi connectivity index (χ0n) is 4.67. The molecule has 8 heavy (non-hydrogen) atoms. The standard InChI is InChI=1S/C6H8BN/c7-5-3-1-2-4-6(5)8/h1-2,4-5H,3,8H2. The first-order chi connectivity index (χ1) is 3.80. The zero-order chi connectivity index (χ0) is 5.98. The highest BCUT2D eigenvalue weighted by molar-refractivity contribution is 6.13. The van der Waals surface area contributed by atoms with Gasteiger partial charge in [-0.25, -0.2) is 0 Å². The van der Waals surface area contributed by atoms with Crippen molar-refractivity contribution in [3.8, 4) is 0 Å². The molecule has 1 aliphatic rings. The number of hydrogen-bond acceptors (Lipinski definition) is 1. The van der Waals surface area contributed by atoms with E-state index in [1.807, 2.05) is 18.2 Å². The van der Waals surface area contributed by atoms with Crippen LogP contribution >= 0.6 is 0 Å². The molecule has 0 heterocycles. The van der Waals surface area contributed by atoms with E-state index in [9.17, 15) is 0 Å². The molecular weight excluding hydrogens is 96.9 g/mol. The summed E-state index contributed by atoms with van der Waals surface area (Å²) in [7, 11) is 5.53. The van der Waals surface area contributed by atoms with Gasteiger partial charge >= 0.3 is 0 Å². The lowest BCUT2D eigenvalue weighted by atomic mass is 9.80. The molecule has 1 aliphatic carbocycles. The summed E-state index contributed by atoms with van der Waals surface area (Å²) in [6, 6.07) is 0. The highest BCUT2D eigenvalue weighted by Crippen LogP contribution is 2.17. The molecule has 0 amide bonds. The molecule has 40 valence electrons. The number of hydrogen-bond donors (Lipinski definition) is 1. The molecule has 2 radical (unpaired) electrons. The Morgan fingerprint density at radius 1 is 1.75 bits per heavy atom. The predicted octanol–water partition coefficient (Wildman–Crippen LogP) is 0.746. The van der Waals surface area contributed by atoms with Gasteiger partial charge in [0.15, 0.2) is 0 Å². The summed E-state index contributed by atoms with van der Waals surface area (Å²) in [5.74, 6) is 0.0556. The molecule has 1 atom stereocenters. The van der Waals surface area contributed by atoms with Crippen molar-refractivity contribution >= 4 is 7.85 Å². The minimum atomic E-state index is 0.0556. The van der Waals surface area contributed by atoms with Crippen LogP contribution in [0.3, 0.4) is 0 Å². The third-order valence-corrected chi connectivity index (χ3v) is 1.24. The Balaban J connectivity index is 2.66. The largest absolute Gasteiger partial charge is 0.402 e. The zero-order valence-corrected chi connectivity index (χ0v) is 4.67. The summed E-state index contributed by atoms with van der Waals surface area (Å²) in [6.45, 7) is 0. The van der Waals surface area contributed by atoms with Crippen LogP contribution in [0.4, 0.5) is 0 Å². The minimum absolute atomic E-state index is 0.0556. The van der Waals surface area contributed by atoms with Crippen molar-refractivity contribution in [2.75, 3.05) is 0 Å². The fourth-order valence-electron chi connectivity index (χ4n) is 0.664. The Hall–Kier alpha value is -0.655. The Bertz CT molecular complexity index is 137. The van der Waals surface area contributed by atoms with E-state index in [-0.39, 0.29) is 5.82 Å². The number of rotatable bonds is 0. The van der Waals surface area contributed by atoms with Crippen LogP contribution in [0.5, 0.6) is 0 Å². The first-order valence-electron chi connectivity index (χ1n) is 2.68. The average molecular weight is 105 g/mol. The van der Waals surface area contributed by atoms with E-state index < -0.39 is 0 Å². The summed E-state index contributed by atoms with van der Waals surface area (Å²) >= 11 is 0. The Labute approximate surface area is 50.7 Å². The summed E-state index contributed by atoms with van der Waals surface area (Å²) in [6.07, 6.45) is 6.66.